The standard InChI is InChI=1S/C19H25N7O3/c1-11-10-13(16(20)27)25-14(11)15(24-6-4-21-5-7-24)18(28)26-19(25)22-17(23-26)12-2-8-29-9-3-12/h2,11,13,21H,3-10H2,1H3,(H2,20,27). The van der Waals surface area contributed by atoms with Gasteiger partial charge in [0.15, 0.2) is 5.82 Å². The van der Waals surface area contributed by atoms with Crippen LogP contribution in [0, 0.1) is 0 Å². The zero-order chi connectivity index (χ0) is 20.1. The van der Waals surface area contributed by atoms with E-state index in [0.29, 0.717) is 43.3 Å². The number of hydrogen-bond acceptors (Lipinski definition) is 7. The number of aromatic nitrogens is 4. The van der Waals surface area contributed by atoms with E-state index in [4.69, 9.17) is 10.5 Å². The summed E-state index contributed by atoms with van der Waals surface area (Å²) in [6.45, 7) is 6.21. The van der Waals surface area contributed by atoms with Crippen LogP contribution < -0.4 is 21.5 Å². The third kappa shape index (κ3) is 2.85. The van der Waals surface area contributed by atoms with Gasteiger partial charge >= 0.3 is 0 Å². The van der Waals surface area contributed by atoms with E-state index in [0.717, 1.165) is 37.4 Å². The lowest BCUT2D eigenvalue weighted by Crippen LogP contribution is -2.46. The quantitative estimate of drug-likeness (QED) is 0.723. The highest BCUT2D eigenvalue weighted by Crippen LogP contribution is 2.40. The number of nitrogens with one attached hydrogen (secondary N) is 1. The number of amides is 1. The molecule has 0 spiro atoms. The van der Waals surface area contributed by atoms with E-state index in [1.807, 2.05) is 17.6 Å². The smallest absolute Gasteiger partial charge is 0.299 e. The van der Waals surface area contributed by atoms with Gasteiger partial charge in [-0.1, -0.05) is 13.0 Å². The average molecular weight is 399 g/mol. The van der Waals surface area contributed by atoms with Crippen LogP contribution >= 0.6 is 0 Å². The van der Waals surface area contributed by atoms with Crippen molar-refractivity contribution in [1.29, 1.82) is 0 Å². The second-order valence-corrected chi connectivity index (χ2v) is 7.90. The first-order chi connectivity index (χ1) is 14.1. The fourth-order valence-corrected chi connectivity index (χ4v) is 4.65. The lowest BCUT2D eigenvalue weighted by molar-refractivity contribution is -0.120. The van der Waals surface area contributed by atoms with Gasteiger partial charge < -0.3 is 20.7 Å². The summed E-state index contributed by atoms with van der Waals surface area (Å²) in [5.41, 5.74) is 7.97. The molecule has 0 aromatic carbocycles. The molecule has 3 N–H and O–H groups in total. The van der Waals surface area contributed by atoms with Crippen LogP contribution in [0.5, 0.6) is 0 Å². The van der Waals surface area contributed by atoms with Crippen LogP contribution in [0.25, 0.3) is 11.4 Å². The largest absolute Gasteiger partial charge is 0.377 e. The SMILES string of the molecule is CC1CC(C(N)=O)n2c1c(N1CCNCC1)c(=O)n1nc(C3=CCOCC3)nc21. The number of primary amides is 1. The van der Waals surface area contributed by atoms with Gasteiger partial charge in [-0.2, -0.15) is 9.50 Å². The lowest BCUT2D eigenvalue weighted by atomic mass is 10.0. The van der Waals surface area contributed by atoms with E-state index in [-0.39, 0.29) is 11.5 Å². The Labute approximate surface area is 167 Å². The predicted molar refractivity (Wildman–Crippen MR) is 107 cm³/mol. The van der Waals surface area contributed by atoms with Crippen LogP contribution in [0.3, 0.4) is 0 Å². The zero-order valence-corrected chi connectivity index (χ0v) is 16.4. The number of rotatable bonds is 3. The van der Waals surface area contributed by atoms with E-state index >= 15 is 0 Å². The van der Waals surface area contributed by atoms with Gasteiger partial charge in [0.25, 0.3) is 5.56 Å². The Balaban J connectivity index is 1.78. The Morgan fingerprint density at radius 3 is 2.83 bits per heavy atom. The molecule has 2 aromatic rings. The predicted octanol–water partition coefficient (Wildman–Crippen LogP) is -0.362. The van der Waals surface area contributed by atoms with Crippen LogP contribution in [-0.2, 0) is 9.53 Å². The van der Waals surface area contributed by atoms with Crippen LogP contribution in [0.15, 0.2) is 10.9 Å². The van der Waals surface area contributed by atoms with Crippen molar-refractivity contribution in [3.63, 3.8) is 0 Å². The molecular formula is C19H25N7O3. The maximum absolute atomic E-state index is 13.5. The maximum Gasteiger partial charge on any atom is 0.299 e. The number of fused-ring (bicyclic) bond motifs is 3. The molecule has 1 amide bonds. The number of piperazine rings is 1. The summed E-state index contributed by atoms with van der Waals surface area (Å²) in [7, 11) is 0. The highest BCUT2D eigenvalue weighted by Gasteiger charge is 2.39. The number of carbonyl (C=O) groups excluding carboxylic acids is 1. The molecule has 2 aromatic heterocycles. The Morgan fingerprint density at radius 2 is 2.14 bits per heavy atom. The Morgan fingerprint density at radius 1 is 1.34 bits per heavy atom. The second kappa shape index (κ2) is 6.96. The number of hydrogen-bond donors (Lipinski definition) is 2. The van der Waals surface area contributed by atoms with Crippen LogP contribution in [0.2, 0.25) is 0 Å². The van der Waals surface area contributed by atoms with Crippen molar-refractivity contribution in [2.24, 2.45) is 5.73 Å². The van der Waals surface area contributed by atoms with Crippen molar-refractivity contribution in [2.45, 2.75) is 31.7 Å². The molecule has 1 fully saturated rings. The molecule has 2 atom stereocenters. The van der Waals surface area contributed by atoms with Gasteiger partial charge in [-0.05, 0) is 18.4 Å². The molecule has 0 saturated carbocycles. The molecule has 1 saturated heterocycles. The van der Waals surface area contributed by atoms with E-state index in [1.165, 1.54) is 4.52 Å². The van der Waals surface area contributed by atoms with Crippen molar-refractivity contribution in [1.82, 2.24) is 24.5 Å². The van der Waals surface area contributed by atoms with Gasteiger partial charge in [-0.25, -0.2) is 0 Å². The van der Waals surface area contributed by atoms with Gasteiger partial charge in [0.1, 0.15) is 11.7 Å². The van der Waals surface area contributed by atoms with Gasteiger partial charge in [-0.15, -0.1) is 5.10 Å². The van der Waals surface area contributed by atoms with Crippen molar-refractivity contribution in [2.75, 3.05) is 44.3 Å². The molecule has 0 aliphatic carbocycles. The molecule has 2 unspecified atom stereocenters. The number of nitrogens with two attached hydrogens (primary N) is 1. The molecule has 3 aliphatic rings. The fourth-order valence-electron chi connectivity index (χ4n) is 4.65. The van der Waals surface area contributed by atoms with E-state index in [2.05, 4.69) is 20.3 Å². The Kier molecular flexibility index (Phi) is 4.39. The highest BCUT2D eigenvalue weighted by atomic mass is 16.5. The monoisotopic (exact) mass is 399 g/mol. The number of anilines is 1. The molecular weight excluding hydrogens is 374 g/mol. The lowest BCUT2D eigenvalue weighted by Gasteiger charge is -2.31. The zero-order valence-electron chi connectivity index (χ0n) is 16.4. The molecule has 0 radical (unpaired) electrons. The maximum atomic E-state index is 13.5. The summed E-state index contributed by atoms with van der Waals surface area (Å²) >= 11 is 0. The third-order valence-corrected chi connectivity index (χ3v) is 6.07. The summed E-state index contributed by atoms with van der Waals surface area (Å²) in [5.74, 6) is 0.513. The molecule has 10 heteroatoms. The first-order valence-electron chi connectivity index (χ1n) is 10.1. The van der Waals surface area contributed by atoms with Crippen molar-refractivity contribution in [3.05, 3.63) is 27.9 Å². The average Bonchev–Trinajstić information content (AvgIpc) is 3.32. The van der Waals surface area contributed by atoms with Crippen LogP contribution in [0.4, 0.5) is 5.69 Å². The van der Waals surface area contributed by atoms with Crippen molar-refractivity contribution < 1.29 is 9.53 Å². The fraction of sp³-hybridized carbons (Fsp3) is 0.579. The molecule has 3 aliphatic heterocycles. The summed E-state index contributed by atoms with van der Waals surface area (Å²) < 4.78 is 8.57. The number of nitrogens with zero attached hydrogens (tertiary/aromatic N) is 5. The van der Waals surface area contributed by atoms with Gasteiger partial charge in [-0.3, -0.25) is 14.2 Å². The van der Waals surface area contributed by atoms with Crippen molar-refractivity contribution in [3.8, 4) is 0 Å². The van der Waals surface area contributed by atoms with Gasteiger partial charge in [0.2, 0.25) is 11.7 Å². The van der Waals surface area contributed by atoms with Gasteiger partial charge in [0.05, 0.1) is 18.9 Å². The normalized spacial score (nSPS) is 24.6. The molecule has 10 nitrogen and oxygen atoms in total. The molecule has 5 heterocycles. The van der Waals surface area contributed by atoms with E-state index < -0.39 is 11.9 Å². The summed E-state index contributed by atoms with van der Waals surface area (Å²) in [6, 6.07) is -0.537. The van der Waals surface area contributed by atoms with Crippen molar-refractivity contribution >= 4 is 22.9 Å². The molecule has 29 heavy (non-hydrogen) atoms. The van der Waals surface area contributed by atoms with Gasteiger partial charge in [0, 0.05) is 32.1 Å². The minimum absolute atomic E-state index is 0.0255. The third-order valence-electron chi connectivity index (χ3n) is 6.07. The first-order valence-corrected chi connectivity index (χ1v) is 10.1. The number of ether oxygens (including phenoxy) is 1. The minimum atomic E-state index is -0.537. The molecule has 0 bridgehead atoms. The number of carbonyl (C=O) groups is 1. The highest BCUT2D eigenvalue weighted by molar-refractivity contribution is 5.81. The summed E-state index contributed by atoms with van der Waals surface area (Å²) in [5, 5.41) is 7.86. The second-order valence-electron chi connectivity index (χ2n) is 7.90. The molecule has 154 valence electrons. The van der Waals surface area contributed by atoms with Crippen LogP contribution in [-0.4, -0.2) is 64.5 Å². The summed E-state index contributed by atoms with van der Waals surface area (Å²) in [4.78, 5) is 32.5. The van der Waals surface area contributed by atoms with E-state index in [1.54, 1.807) is 0 Å². The first kappa shape index (κ1) is 18.3. The Bertz CT molecular complexity index is 1060. The van der Waals surface area contributed by atoms with Crippen LogP contribution in [0.1, 0.15) is 43.2 Å². The Hall–Kier alpha value is -2.72. The topological polar surface area (TPSA) is 120 Å². The minimum Gasteiger partial charge on any atom is -0.377 e. The summed E-state index contributed by atoms with van der Waals surface area (Å²) in [6.07, 6.45) is 3.20. The van der Waals surface area contributed by atoms with E-state index in [9.17, 15) is 9.59 Å². The molecule has 5 rings (SSSR count).